The molecule has 1 heterocycles. The molecular weight excluding hydrogens is 305 g/mol. The van der Waals surface area contributed by atoms with E-state index in [-0.39, 0.29) is 0 Å². The summed E-state index contributed by atoms with van der Waals surface area (Å²) in [6.07, 6.45) is 0.819. The first-order valence-corrected chi connectivity index (χ1v) is 7.05. The van der Waals surface area contributed by atoms with Gasteiger partial charge in [-0.3, -0.25) is 4.68 Å². The van der Waals surface area contributed by atoms with Gasteiger partial charge < -0.3 is 5.32 Å². The van der Waals surface area contributed by atoms with Crippen molar-refractivity contribution < 1.29 is 0 Å². The molecule has 0 saturated carbocycles. The molecule has 19 heavy (non-hydrogen) atoms. The van der Waals surface area contributed by atoms with Crippen molar-refractivity contribution in [1.82, 2.24) is 9.78 Å². The van der Waals surface area contributed by atoms with Gasteiger partial charge in [-0.2, -0.15) is 5.10 Å². The number of rotatable bonds is 4. The second-order valence-corrected chi connectivity index (χ2v) is 5.36. The lowest BCUT2D eigenvalue weighted by atomic mass is 10.3. The van der Waals surface area contributed by atoms with Crippen molar-refractivity contribution in [3.05, 3.63) is 44.7 Å². The van der Waals surface area contributed by atoms with Crippen LogP contribution >= 0.6 is 34.8 Å². The molecule has 1 aromatic heterocycles. The van der Waals surface area contributed by atoms with Gasteiger partial charge in [-0.05, 0) is 24.6 Å². The Balaban J connectivity index is 2.14. The van der Waals surface area contributed by atoms with E-state index in [1.54, 1.807) is 16.8 Å². The van der Waals surface area contributed by atoms with Gasteiger partial charge in [-0.25, -0.2) is 0 Å². The van der Waals surface area contributed by atoms with Crippen molar-refractivity contribution in [3.63, 3.8) is 0 Å². The van der Waals surface area contributed by atoms with Crippen LogP contribution in [-0.4, -0.2) is 9.78 Å². The fourth-order valence-electron chi connectivity index (χ4n) is 1.80. The summed E-state index contributed by atoms with van der Waals surface area (Å²) < 4.78 is 1.80. The molecule has 0 amide bonds. The highest BCUT2D eigenvalue weighted by Crippen LogP contribution is 2.26. The van der Waals surface area contributed by atoms with Gasteiger partial charge >= 0.3 is 0 Å². The van der Waals surface area contributed by atoms with Crippen molar-refractivity contribution in [2.24, 2.45) is 7.05 Å². The van der Waals surface area contributed by atoms with Crippen LogP contribution in [0.25, 0.3) is 0 Å². The summed E-state index contributed by atoms with van der Waals surface area (Å²) in [4.78, 5) is 0. The van der Waals surface area contributed by atoms with Crippen LogP contribution in [0.5, 0.6) is 0 Å². The molecule has 0 atom stereocenters. The Bertz CT molecular complexity index is 593. The molecule has 0 bridgehead atoms. The van der Waals surface area contributed by atoms with Crippen LogP contribution in [0.15, 0.2) is 18.2 Å². The van der Waals surface area contributed by atoms with Gasteiger partial charge in [0.25, 0.3) is 0 Å². The van der Waals surface area contributed by atoms with Crippen LogP contribution in [0.2, 0.25) is 15.1 Å². The molecule has 0 fully saturated rings. The van der Waals surface area contributed by atoms with Gasteiger partial charge in [0, 0.05) is 12.7 Å². The molecule has 3 nitrogen and oxygen atoms in total. The molecule has 0 saturated heterocycles. The van der Waals surface area contributed by atoms with E-state index in [9.17, 15) is 0 Å². The summed E-state index contributed by atoms with van der Waals surface area (Å²) in [6, 6.07) is 5.42. The summed E-state index contributed by atoms with van der Waals surface area (Å²) in [5.41, 5.74) is 2.75. The van der Waals surface area contributed by atoms with Crippen molar-refractivity contribution >= 4 is 40.5 Å². The Kier molecular flexibility index (Phi) is 4.61. The number of hydrogen-bond acceptors (Lipinski definition) is 2. The smallest absolute Gasteiger partial charge is 0.0868 e. The van der Waals surface area contributed by atoms with Crippen molar-refractivity contribution in [1.29, 1.82) is 0 Å². The summed E-state index contributed by atoms with van der Waals surface area (Å²) in [5, 5.41) is 9.42. The van der Waals surface area contributed by atoms with Crippen LogP contribution in [0.4, 0.5) is 5.69 Å². The van der Waals surface area contributed by atoms with E-state index < -0.39 is 0 Å². The highest BCUT2D eigenvalue weighted by Gasteiger charge is 2.12. The SMILES string of the molecule is CCc1nn(C)c(CNc2ccc(Cl)c(Cl)c2)c1Cl. The quantitative estimate of drug-likeness (QED) is 0.896. The number of benzene rings is 1. The first-order valence-electron chi connectivity index (χ1n) is 5.92. The van der Waals surface area contributed by atoms with Crippen LogP contribution in [-0.2, 0) is 20.0 Å². The summed E-state index contributed by atoms with van der Waals surface area (Å²) in [5.74, 6) is 0. The zero-order valence-electron chi connectivity index (χ0n) is 10.7. The number of aromatic nitrogens is 2. The summed E-state index contributed by atoms with van der Waals surface area (Å²) in [7, 11) is 1.89. The lowest BCUT2D eigenvalue weighted by Crippen LogP contribution is -2.05. The van der Waals surface area contributed by atoms with Gasteiger partial charge in [-0.1, -0.05) is 41.7 Å². The fourth-order valence-corrected chi connectivity index (χ4v) is 2.46. The highest BCUT2D eigenvalue weighted by atomic mass is 35.5. The molecule has 0 radical (unpaired) electrons. The van der Waals surface area contributed by atoms with E-state index in [1.807, 2.05) is 20.0 Å². The first-order chi connectivity index (χ1) is 9.02. The Morgan fingerprint density at radius 1 is 1.21 bits per heavy atom. The number of aryl methyl sites for hydroxylation is 2. The number of anilines is 1. The van der Waals surface area contributed by atoms with Gasteiger partial charge in [0.15, 0.2) is 0 Å². The largest absolute Gasteiger partial charge is 0.379 e. The Labute approximate surface area is 127 Å². The van der Waals surface area contributed by atoms with Gasteiger partial charge in [-0.15, -0.1) is 0 Å². The molecule has 0 spiro atoms. The predicted octanol–water partition coefficient (Wildman–Crippen LogP) is 4.55. The fraction of sp³-hybridized carbons (Fsp3) is 0.308. The molecule has 102 valence electrons. The molecule has 2 rings (SSSR count). The molecule has 0 unspecified atom stereocenters. The monoisotopic (exact) mass is 317 g/mol. The summed E-state index contributed by atoms with van der Waals surface area (Å²) in [6.45, 7) is 2.62. The van der Waals surface area contributed by atoms with Gasteiger partial charge in [0.1, 0.15) is 0 Å². The third-order valence-corrected chi connectivity index (χ3v) is 4.06. The van der Waals surface area contributed by atoms with Gasteiger partial charge in [0.05, 0.1) is 33.0 Å². The Morgan fingerprint density at radius 3 is 2.53 bits per heavy atom. The lowest BCUT2D eigenvalue weighted by Gasteiger charge is -2.08. The standard InChI is InChI=1S/C13H14Cl3N3/c1-3-11-13(16)12(19(2)18-11)7-17-8-4-5-9(14)10(15)6-8/h4-6,17H,3,7H2,1-2H3. The van der Waals surface area contributed by atoms with Crippen LogP contribution in [0, 0.1) is 0 Å². The average molecular weight is 319 g/mol. The van der Waals surface area contributed by atoms with Crippen molar-refractivity contribution in [3.8, 4) is 0 Å². The van der Waals surface area contributed by atoms with Crippen LogP contribution in [0.3, 0.4) is 0 Å². The minimum atomic E-state index is 0.525. The normalized spacial score (nSPS) is 10.8. The number of nitrogens with zero attached hydrogens (tertiary/aromatic N) is 2. The first kappa shape index (κ1) is 14.5. The van der Waals surface area contributed by atoms with E-state index in [0.717, 1.165) is 28.5 Å². The minimum absolute atomic E-state index is 0.525. The zero-order chi connectivity index (χ0) is 14.0. The van der Waals surface area contributed by atoms with E-state index in [1.165, 1.54) is 0 Å². The number of nitrogens with one attached hydrogen (secondary N) is 1. The average Bonchev–Trinajstić information content (AvgIpc) is 2.66. The third kappa shape index (κ3) is 3.16. The second-order valence-electron chi connectivity index (χ2n) is 4.17. The maximum Gasteiger partial charge on any atom is 0.0868 e. The van der Waals surface area contributed by atoms with Crippen LogP contribution < -0.4 is 5.32 Å². The molecule has 1 N–H and O–H groups in total. The maximum atomic E-state index is 6.28. The Hall–Kier alpha value is -0.900. The number of halogens is 3. The number of hydrogen-bond donors (Lipinski definition) is 1. The lowest BCUT2D eigenvalue weighted by molar-refractivity contribution is 0.707. The van der Waals surface area contributed by atoms with E-state index in [2.05, 4.69) is 10.4 Å². The molecule has 0 aliphatic heterocycles. The summed E-state index contributed by atoms with van der Waals surface area (Å²) >= 11 is 18.1. The Morgan fingerprint density at radius 2 is 1.95 bits per heavy atom. The second kappa shape index (κ2) is 6.04. The van der Waals surface area contributed by atoms with Crippen molar-refractivity contribution in [2.75, 3.05) is 5.32 Å². The van der Waals surface area contributed by atoms with Crippen molar-refractivity contribution in [2.45, 2.75) is 19.9 Å². The molecule has 0 aliphatic carbocycles. The zero-order valence-corrected chi connectivity index (χ0v) is 12.9. The van der Waals surface area contributed by atoms with E-state index in [0.29, 0.717) is 16.6 Å². The van der Waals surface area contributed by atoms with Gasteiger partial charge in [0.2, 0.25) is 0 Å². The highest BCUT2D eigenvalue weighted by molar-refractivity contribution is 6.42. The maximum absolute atomic E-state index is 6.28. The van der Waals surface area contributed by atoms with Crippen LogP contribution in [0.1, 0.15) is 18.3 Å². The van der Waals surface area contributed by atoms with E-state index >= 15 is 0 Å². The van der Waals surface area contributed by atoms with E-state index in [4.69, 9.17) is 34.8 Å². The topological polar surface area (TPSA) is 29.9 Å². The minimum Gasteiger partial charge on any atom is -0.379 e. The predicted molar refractivity (Wildman–Crippen MR) is 81.4 cm³/mol. The molecule has 2 aromatic rings. The molecular formula is C13H14Cl3N3. The third-order valence-electron chi connectivity index (χ3n) is 2.88. The molecule has 1 aromatic carbocycles. The molecule has 0 aliphatic rings. The molecule has 6 heteroatoms.